The van der Waals surface area contributed by atoms with E-state index in [0.717, 1.165) is 18.4 Å². The highest BCUT2D eigenvalue weighted by atomic mass is 16.5. The molecule has 4 rings (SSSR count). The zero-order valence-corrected chi connectivity index (χ0v) is 23.2. The van der Waals surface area contributed by atoms with Gasteiger partial charge in [-0.05, 0) is 37.0 Å². The summed E-state index contributed by atoms with van der Waals surface area (Å²) in [5.41, 5.74) is 1.74. The Morgan fingerprint density at radius 3 is 2.33 bits per heavy atom. The zero-order valence-electron chi connectivity index (χ0n) is 23.2. The first kappa shape index (κ1) is 28.4. The van der Waals surface area contributed by atoms with Crippen molar-refractivity contribution in [2.24, 2.45) is 0 Å². The topological polar surface area (TPSA) is 131 Å². The Bertz CT molecular complexity index is 1490. The van der Waals surface area contributed by atoms with Crippen molar-refractivity contribution in [3.8, 4) is 39.8 Å². The molecule has 10 heteroatoms. The number of unbranched alkanes of at least 4 members (excludes halogenated alkanes) is 1. The van der Waals surface area contributed by atoms with Crippen molar-refractivity contribution >= 4 is 5.91 Å². The van der Waals surface area contributed by atoms with Crippen LogP contribution in [0.2, 0.25) is 0 Å². The van der Waals surface area contributed by atoms with E-state index in [9.17, 15) is 14.7 Å². The van der Waals surface area contributed by atoms with E-state index in [-0.39, 0.29) is 35.4 Å². The van der Waals surface area contributed by atoms with Crippen molar-refractivity contribution in [2.75, 3.05) is 27.8 Å². The molecule has 0 saturated carbocycles. The van der Waals surface area contributed by atoms with Crippen LogP contribution in [0.15, 0.2) is 57.7 Å². The Morgan fingerprint density at radius 2 is 1.68 bits per heavy atom. The molecule has 2 aromatic heterocycles. The number of nitrogens with zero attached hydrogens (tertiary/aromatic N) is 3. The van der Waals surface area contributed by atoms with Gasteiger partial charge in [-0.1, -0.05) is 49.7 Å². The number of hydrogen-bond donors (Lipinski definition) is 2. The number of amides is 1. The van der Waals surface area contributed by atoms with Crippen LogP contribution in [0, 0.1) is 0 Å². The molecule has 0 fully saturated rings. The van der Waals surface area contributed by atoms with Gasteiger partial charge in [-0.25, -0.2) is 0 Å². The lowest BCUT2D eigenvalue weighted by atomic mass is 9.96. The standard InChI is InChI=1S/C30H34N4O6/c1-5-6-13-20-25(26-21(38-3)14-10-15-22(26)39-4)28(36)27(29(37)31-20)30-33-32-23(40-30)18-24(35)34(2)17-16-19-11-8-7-9-12-19/h7-12,14-15H,5-6,13,16-18H2,1-4H3,(H2,31,36,37). The number of aromatic hydroxyl groups is 1. The quantitative estimate of drug-likeness (QED) is 0.267. The van der Waals surface area contributed by atoms with Gasteiger partial charge in [0.05, 0.1) is 25.3 Å². The van der Waals surface area contributed by atoms with Crippen LogP contribution in [0.1, 0.15) is 36.9 Å². The number of rotatable bonds is 12. The van der Waals surface area contributed by atoms with E-state index in [1.54, 1.807) is 30.1 Å². The molecule has 0 radical (unpaired) electrons. The average Bonchev–Trinajstić information content (AvgIpc) is 3.42. The predicted molar refractivity (Wildman–Crippen MR) is 151 cm³/mol. The van der Waals surface area contributed by atoms with Crippen molar-refractivity contribution in [2.45, 2.75) is 39.0 Å². The van der Waals surface area contributed by atoms with Crippen LogP contribution in [0.5, 0.6) is 17.2 Å². The van der Waals surface area contributed by atoms with Crippen LogP contribution >= 0.6 is 0 Å². The monoisotopic (exact) mass is 546 g/mol. The molecule has 40 heavy (non-hydrogen) atoms. The molecule has 4 aromatic rings. The molecule has 2 N–H and O–H groups in total. The summed E-state index contributed by atoms with van der Waals surface area (Å²) >= 11 is 0. The van der Waals surface area contributed by atoms with Gasteiger partial charge >= 0.3 is 0 Å². The Kier molecular flexibility index (Phi) is 9.21. The van der Waals surface area contributed by atoms with E-state index >= 15 is 0 Å². The Hall–Kier alpha value is -4.60. The molecule has 210 valence electrons. The summed E-state index contributed by atoms with van der Waals surface area (Å²) in [6, 6.07) is 15.1. The molecule has 1 amide bonds. The highest BCUT2D eigenvalue weighted by Crippen LogP contribution is 2.46. The van der Waals surface area contributed by atoms with E-state index < -0.39 is 5.56 Å². The van der Waals surface area contributed by atoms with Gasteiger partial charge in [-0.3, -0.25) is 9.59 Å². The molecule has 0 atom stereocenters. The maximum Gasteiger partial charge on any atom is 0.264 e. The van der Waals surface area contributed by atoms with Crippen LogP contribution < -0.4 is 15.0 Å². The molecule has 0 unspecified atom stereocenters. The minimum atomic E-state index is -0.581. The minimum Gasteiger partial charge on any atom is -0.506 e. The number of H-pyrrole nitrogens is 1. The minimum absolute atomic E-state index is 0.0387. The molecule has 0 aliphatic heterocycles. The third-order valence-electron chi connectivity index (χ3n) is 6.71. The molecule has 10 nitrogen and oxygen atoms in total. The fraction of sp³-hybridized carbons (Fsp3) is 0.333. The van der Waals surface area contributed by atoms with E-state index in [1.807, 2.05) is 37.3 Å². The van der Waals surface area contributed by atoms with E-state index in [2.05, 4.69) is 15.2 Å². The number of ether oxygens (including phenoxy) is 2. The first-order chi connectivity index (χ1) is 19.4. The molecule has 0 spiro atoms. The summed E-state index contributed by atoms with van der Waals surface area (Å²) in [4.78, 5) is 30.5. The summed E-state index contributed by atoms with van der Waals surface area (Å²) in [7, 11) is 4.75. The summed E-state index contributed by atoms with van der Waals surface area (Å²) in [6.07, 6.45) is 2.74. The number of methoxy groups -OCH3 is 2. The summed E-state index contributed by atoms with van der Waals surface area (Å²) in [6.45, 7) is 2.56. The number of carbonyl (C=O) groups excluding carboxylic acids is 1. The highest BCUT2D eigenvalue weighted by Gasteiger charge is 2.27. The maximum atomic E-state index is 13.2. The number of benzene rings is 2. The lowest BCUT2D eigenvalue weighted by Gasteiger charge is -2.18. The van der Waals surface area contributed by atoms with Gasteiger partial charge in [0.2, 0.25) is 11.8 Å². The summed E-state index contributed by atoms with van der Waals surface area (Å²) < 4.78 is 16.9. The van der Waals surface area contributed by atoms with Crippen LogP contribution in [0.25, 0.3) is 22.6 Å². The van der Waals surface area contributed by atoms with E-state index in [0.29, 0.717) is 47.7 Å². The second-order valence-electron chi connectivity index (χ2n) is 9.40. The van der Waals surface area contributed by atoms with Gasteiger partial charge in [0.25, 0.3) is 11.4 Å². The van der Waals surface area contributed by atoms with Crippen LogP contribution in [0.4, 0.5) is 0 Å². The highest BCUT2D eigenvalue weighted by molar-refractivity contribution is 5.87. The van der Waals surface area contributed by atoms with Crippen LogP contribution in [-0.4, -0.2) is 58.9 Å². The van der Waals surface area contributed by atoms with Crippen molar-refractivity contribution < 1.29 is 23.8 Å². The number of nitrogens with one attached hydrogen (secondary N) is 1. The number of hydrogen-bond acceptors (Lipinski definition) is 8. The van der Waals surface area contributed by atoms with Crippen molar-refractivity contribution in [1.29, 1.82) is 0 Å². The molecular weight excluding hydrogens is 512 g/mol. The fourth-order valence-electron chi connectivity index (χ4n) is 4.50. The van der Waals surface area contributed by atoms with Crippen LogP contribution in [0.3, 0.4) is 0 Å². The Morgan fingerprint density at radius 1 is 0.975 bits per heavy atom. The van der Waals surface area contributed by atoms with Gasteiger partial charge in [0, 0.05) is 19.3 Å². The Labute approximate surface area is 232 Å². The van der Waals surface area contributed by atoms with Gasteiger partial charge in [-0.15, -0.1) is 10.2 Å². The van der Waals surface area contributed by atoms with Gasteiger partial charge in [-0.2, -0.15) is 0 Å². The molecule has 2 heterocycles. The molecule has 0 aliphatic carbocycles. The van der Waals surface area contributed by atoms with Crippen molar-refractivity contribution in [3.63, 3.8) is 0 Å². The smallest absolute Gasteiger partial charge is 0.264 e. The molecule has 0 saturated heterocycles. The lowest BCUT2D eigenvalue weighted by molar-refractivity contribution is -0.129. The number of aromatic nitrogens is 3. The second kappa shape index (κ2) is 13.0. The molecule has 2 aromatic carbocycles. The largest absolute Gasteiger partial charge is 0.506 e. The third-order valence-corrected chi connectivity index (χ3v) is 6.71. The molecular formula is C30H34N4O6. The number of aromatic amines is 1. The van der Waals surface area contributed by atoms with E-state index in [1.165, 1.54) is 14.2 Å². The second-order valence-corrected chi connectivity index (χ2v) is 9.40. The predicted octanol–water partition coefficient (Wildman–Crippen LogP) is 4.40. The normalized spacial score (nSPS) is 10.9. The number of carbonyl (C=O) groups is 1. The summed E-state index contributed by atoms with van der Waals surface area (Å²) in [5, 5.41) is 19.5. The van der Waals surface area contributed by atoms with Gasteiger partial charge in [0.15, 0.2) is 0 Å². The van der Waals surface area contributed by atoms with E-state index in [4.69, 9.17) is 13.9 Å². The maximum absolute atomic E-state index is 13.2. The third kappa shape index (κ3) is 6.17. The SMILES string of the molecule is CCCCc1[nH]c(=O)c(-c2nnc(CC(=O)N(C)CCc3ccccc3)o2)c(O)c1-c1c(OC)cccc1OC. The zero-order chi connectivity index (χ0) is 28.6. The lowest BCUT2D eigenvalue weighted by Crippen LogP contribution is -2.30. The molecule has 0 bridgehead atoms. The first-order valence-electron chi connectivity index (χ1n) is 13.2. The number of likely N-dealkylation sites (N-methyl/N-ethyl adjacent to an activating group) is 1. The van der Waals surface area contributed by atoms with Crippen molar-refractivity contribution in [1.82, 2.24) is 20.1 Å². The van der Waals surface area contributed by atoms with Crippen molar-refractivity contribution in [3.05, 3.63) is 76.0 Å². The molecule has 0 aliphatic rings. The van der Waals surface area contributed by atoms with Crippen LogP contribution in [-0.2, 0) is 24.1 Å². The average molecular weight is 547 g/mol. The van der Waals surface area contributed by atoms with Gasteiger partial charge in [0.1, 0.15) is 29.2 Å². The number of pyridine rings is 1. The first-order valence-corrected chi connectivity index (χ1v) is 13.2. The summed E-state index contributed by atoms with van der Waals surface area (Å²) in [5.74, 6) is 0.224. The Balaban J connectivity index is 1.66. The fourth-order valence-corrected chi connectivity index (χ4v) is 4.50. The van der Waals surface area contributed by atoms with Gasteiger partial charge < -0.3 is 28.9 Å². The number of aryl methyl sites for hydroxylation is 1.